The zero-order chi connectivity index (χ0) is 12.0. The van der Waals surface area contributed by atoms with E-state index in [9.17, 15) is 0 Å². The average molecular weight is 225 g/mol. The maximum absolute atomic E-state index is 5.88. The minimum absolute atomic E-state index is 0.000741. The van der Waals surface area contributed by atoms with Gasteiger partial charge in [-0.3, -0.25) is 0 Å². The first-order valence-corrected chi connectivity index (χ1v) is 6.60. The quantitative estimate of drug-likeness (QED) is 0.700. The normalized spacial score (nSPS) is 21.7. The van der Waals surface area contributed by atoms with E-state index < -0.39 is 0 Å². The molecule has 1 N–H and O–H groups in total. The van der Waals surface area contributed by atoms with E-state index in [0.717, 1.165) is 25.8 Å². The first-order chi connectivity index (χ1) is 7.66. The van der Waals surface area contributed by atoms with Gasteiger partial charge >= 0.3 is 0 Å². The molecule has 1 saturated carbocycles. The van der Waals surface area contributed by atoms with Crippen LogP contribution in [0.4, 0.5) is 0 Å². The standard InChI is InChI=1S/C14H27NO/c1-5-11-15-13(12(2)3)14(16-4)9-7-6-8-10-14/h13,15H,2,5-11H2,1,3-4H3. The van der Waals surface area contributed by atoms with Gasteiger partial charge < -0.3 is 10.1 Å². The number of methoxy groups -OCH3 is 1. The predicted octanol–water partition coefficient (Wildman–Crippen LogP) is 3.28. The number of rotatable bonds is 6. The highest BCUT2D eigenvalue weighted by atomic mass is 16.5. The van der Waals surface area contributed by atoms with Crippen LogP contribution in [-0.4, -0.2) is 25.3 Å². The van der Waals surface area contributed by atoms with Crippen LogP contribution < -0.4 is 5.32 Å². The maximum atomic E-state index is 5.88. The van der Waals surface area contributed by atoms with Gasteiger partial charge in [0.1, 0.15) is 0 Å². The van der Waals surface area contributed by atoms with Crippen molar-refractivity contribution in [2.24, 2.45) is 0 Å². The number of hydrogen-bond acceptors (Lipinski definition) is 2. The van der Waals surface area contributed by atoms with Crippen molar-refractivity contribution in [1.82, 2.24) is 5.32 Å². The summed E-state index contributed by atoms with van der Waals surface area (Å²) in [5.74, 6) is 0. The molecule has 2 heteroatoms. The lowest BCUT2D eigenvalue weighted by Gasteiger charge is -2.43. The minimum Gasteiger partial charge on any atom is -0.376 e. The van der Waals surface area contributed by atoms with E-state index in [1.807, 2.05) is 7.11 Å². The SMILES string of the molecule is C=C(C)C(NCCC)C1(OC)CCCCC1. The Morgan fingerprint density at radius 1 is 1.38 bits per heavy atom. The van der Waals surface area contributed by atoms with E-state index in [2.05, 4.69) is 25.7 Å². The molecule has 1 rings (SSSR count). The molecule has 16 heavy (non-hydrogen) atoms. The van der Waals surface area contributed by atoms with Gasteiger partial charge in [-0.05, 0) is 32.7 Å². The van der Waals surface area contributed by atoms with E-state index in [-0.39, 0.29) is 5.60 Å². The van der Waals surface area contributed by atoms with Crippen molar-refractivity contribution in [3.8, 4) is 0 Å². The van der Waals surface area contributed by atoms with Crippen molar-refractivity contribution in [3.63, 3.8) is 0 Å². The molecular formula is C14H27NO. The summed E-state index contributed by atoms with van der Waals surface area (Å²) in [4.78, 5) is 0. The molecule has 0 radical (unpaired) electrons. The molecule has 0 aromatic rings. The van der Waals surface area contributed by atoms with Gasteiger partial charge in [0, 0.05) is 7.11 Å². The smallest absolute Gasteiger partial charge is 0.0869 e. The third kappa shape index (κ3) is 3.08. The fourth-order valence-electron chi connectivity index (χ4n) is 2.86. The first kappa shape index (κ1) is 13.7. The van der Waals surface area contributed by atoms with Crippen molar-refractivity contribution in [3.05, 3.63) is 12.2 Å². The third-order valence-corrected chi connectivity index (χ3v) is 3.72. The van der Waals surface area contributed by atoms with E-state index >= 15 is 0 Å². The van der Waals surface area contributed by atoms with Gasteiger partial charge in [0.2, 0.25) is 0 Å². The molecule has 1 fully saturated rings. The Bertz CT molecular complexity index is 219. The summed E-state index contributed by atoms with van der Waals surface area (Å²) >= 11 is 0. The molecule has 1 aliphatic rings. The van der Waals surface area contributed by atoms with Gasteiger partial charge in [0.25, 0.3) is 0 Å². The van der Waals surface area contributed by atoms with Crippen molar-refractivity contribution >= 4 is 0 Å². The summed E-state index contributed by atoms with van der Waals surface area (Å²) < 4.78 is 5.88. The summed E-state index contributed by atoms with van der Waals surface area (Å²) in [7, 11) is 1.86. The van der Waals surface area contributed by atoms with Gasteiger partial charge in [-0.2, -0.15) is 0 Å². The second kappa shape index (κ2) is 6.41. The number of hydrogen-bond donors (Lipinski definition) is 1. The summed E-state index contributed by atoms with van der Waals surface area (Å²) in [6.45, 7) is 9.49. The lowest BCUT2D eigenvalue weighted by molar-refractivity contribution is -0.0584. The molecule has 2 nitrogen and oxygen atoms in total. The Morgan fingerprint density at radius 2 is 2.00 bits per heavy atom. The highest BCUT2D eigenvalue weighted by molar-refractivity contribution is 5.12. The fourth-order valence-corrected chi connectivity index (χ4v) is 2.86. The maximum Gasteiger partial charge on any atom is 0.0869 e. The monoisotopic (exact) mass is 225 g/mol. The predicted molar refractivity (Wildman–Crippen MR) is 69.7 cm³/mol. The molecule has 1 atom stereocenters. The molecule has 0 aromatic heterocycles. The van der Waals surface area contributed by atoms with Crippen LogP contribution >= 0.6 is 0 Å². The van der Waals surface area contributed by atoms with Gasteiger partial charge in [-0.1, -0.05) is 38.3 Å². The second-order valence-corrected chi connectivity index (χ2v) is 5.06. The fraction of sp³-hybridized carbons (Fsp3) is 0.857. The van der Waals surface area contributed by atoms with Crippen molar-refractivity contribution in [2.75, 3.05) is 13.7 Å². The molecule has 0 bridgehead atoms. The Labute approximate surface area is 100 Å². The molecule has 1 aliphatic carbocycles. The van der Waals surface area contributed by atoms with E-state index in [4.69, 9.17) is 4.74 Å². The molecule has 0 saturated heterocycles. The Morgan fingerprint density at radius 3 is 2.44 bits per heavy atom. The van der Waals surface area contributed by atoms with Crippen LogP contribution in [0, 0.1) is 0 Å². The molecule has 0 aromatic carbocycles. The highest BCUT2D eigenvalue weighted by Gasteiger charge is 2.39. The van der Waals surface area contributed by atoms with Crippen molar-refractivity contribution < 1.29 is 4.74 Å². The summed E-state index contributed by atoms with van der Waals surface area (Å²) in [6, 6.07) is 0.317. The molecule has 0 spiro atoms. The Kier molecular flexibility index (Phi) is 5.50. The molecular weight excluding hydrogens is 198 g/mol. The van der Waals surface area contributed by atoms with Crippen LogP contribution in [0.2, 0.25) is 0 Å². The molecule has 0 heterocycles. The van der Waals surface area contributed by atoms with Crippen LogP contribution in [0.1, 0.15) is 52.4 Å². The van der Waals surface area contributed by atoms with Gasteiger partial charge in [-0.25, -0.2) is 0 Å². The lowest BCUT2D eigenvalue weighted by Crippen LogP contribution is -2.53. The van der Waals surface area contributed by atoms with Crippen LogP contribution in [0.15, 0.2) is 12.2 Å². The third-order valence-electron chi connectivity index (χ3n) is 3.72. The summed E-state index contributed by atoms with van der Waals surface area (Å²) in [5, 5.41) is 3.61. The van der Waals surface area contributed by atoms with Crippen LogP contribution in [0.3, 0.4) is 0 Å². The van der Waals surface area contributed by atoms with Crippen molar-refractivity contribution in [2.45, 2.75) is 64.0 Å². The van der Waals surface area contributed by atoms with E-state index in [1.54, 1.807) is 0 Å². The molecule has 1 unspecified atom stereocenters. The minimum atomic E-state index is -0.000741. The van der Waals surface area contributed by atoms with E-state index in [1.165, 1.54) is 24.8 Å². The van der Waals surface area contributed by atoms with Gasteiger partial charge in [-0.15, -0.1) is 0 Å². The molecule has 94 valence electrons. The summed E-state index contributed by atoms with van der Waals surface area (Å²) in [5.41, 5.74) is 1.21. The Hall–Kier alpha value is -0.340. The zero-order valence-electron chi connectivity index (χ0n) is 11.1. The first-order valence-electron chi connectivity index (χ1n) is 6.60. The zero-order valence-corrected chi connectivity index (χ0v) is 11.1. The Balaban J connectivity index is 2.74. The lowest BCUT2D eigenvalue weighted by atomic mass is 9.77. The van der Waals surface area contributed by atoms with E-state index in [0.29, 0.717) is 6.04 Å². The molecule has 0 amide bonds. The second-order valence-electron chi connectivity index (χ2n) is 5.06. The van der Waals surface area contributed by atoms with Crippen LogP contribution in [0.25, 0.3) is 0 Å². The number of ether oxygens (including phenoxy) is 1. The van der Waals surface area contributed by atoms with Gasteiger partial charge in [0.15, 0.2) is 0 Å². The van der Waals surface area contributed by atoms with Gasteiger partial charge in [0.05, 0.1) is 11.6 Å². The van der Waals surface area contributed by atoms with Crippen molar-refractivity contribution in [1.29, 1.82) is 0 Å². The largest absolute Gasteiger partial charge is 0.376 e. The molecule has 0 aliphatic heterocycles. The van der Waals surface area contributed by atoms with Crippen LogP contribution in [0.5, 0.6) is 0 Å². The topological polar surface area (TPSA) is 21.3 Å². The average Bonchev–Trinajstić information content (AvgIpc) is 2.30. The highest BCUT2D eigenvalue weighted by Crippen LogP contribution is 2.36. The number of nitrogens with one attached hydrogen (secondary N) is 1. The summed E-state index contributed by atoms with van der Waals surface area (Å²) in [6.07, 6.45) is 7.40. The van der Waals surface area contributed by atoms with Crippen LogP contribution in [-0.2, 0) is 4.74 Å².